The summed E-state index contributed by atoms with van der Waals surface area (Å²) in [6.45, 7) is 1.68. The highest BCUT2D eigenvalue weighted by Gasteiger charge is 2.40. The number of aromatic nitrogens is 2. The van der Waals surface area contributed by atoms with Gasteiger partial charge in [0.15, 0.2) is 0 Å². The van der Waals surface area contributed by atoms with Crippen LogP contribution in [0.1, 0.15) is 22.5 Å². The van der Waals surface area contributed by atoms with E-state index in [1.165, 1.54) is 0 Å². The van der Waals surface area contributed by atoms with Crippen molar-refractivity contribution in [3.63, 3.8) is 0 Å². The summed E-state index contributed by atoms with van der Waals surface area (Å²) in [4.78, 5) is 8.29. The molecule has 1 aliphatic heterocycles. The first-order valence-corrected chi connectivity index (χ1v) is 13.6. The molecule has 0 radical (unpaired) electrons. The number of ether oxygens (including phenoxy) is 4. The van der Waals surface area contributed by atoms with Gasteiger partial charge in [-0.1, -0.05) is 103 Å². The van der Waals surface area contributed by atoms with E-state index in [1.807, 2.05) is 78.9 Å². The van der Waals surface area contributed by atoms with Gasteiger partial charge >= 0.3 is 0 Å². The maximum Gasteiger partial charge on any atom is 0.150 e. The first kappa shape index (κ1) is 26.0. The molecule has 6 heteroatoms. The van der Waals surface area contributed by atoms with Gasteiger partial charge in [-0.3, -0.25) is 0 Å². The Bertz CT molecular complexity index is 1490. The Balaban J connectivity index is 1.29. The Morgan fingerprint density at radius 1 is 0.650 bits per heavy atom. The van der Waals surface area contributed by atoms with Crippen LogP contribution in [0.5, 0.6) is 0 Å². The molecule has 1 aromatic heterocycles. The van der Waals surface area contributed by atoms with Crippen molar-refractivity contribution in [2.45, 2.75) is 38.1 Å². The topological polar surface area (TPSA) is 65.6 Å². The summed E-state index contributed by atoms with van der Waals surface area (Å²) in [5, 5.41) is 0. The fourth-order valence-electron chi connectivity index (χ4n) is 4.86. The molecular formula is C34H32N2O4. The van der Waals surface area contributed by atoms with Gasteiger partial charge in [-0.15, -0.1) is 0 Å². The third kappa shape index (κ3) is 6.32. The summed E-state index contributed by atoms with van der Waals surface area (Å²) in [6, 6.07) is 38.4. The van der Waals surface area contributed by atoms with Crippen LogP contribution >= 0.6 is 0 Å². The van der Waals surface area contributed by atoms with E-state index >= 15 is 0 Å². The fourth-order valence-corrected chi connectivity index (χ4v) is 4.86. The molecule has 6 rings (SSSR count). The number of rotatable bonds is 11. The van der Waals surface area contributed by atoms with Crippen LogP contribution in [-0.2, 0) is 38.8 Å². The van der Waals surface area contributed by atoms with Crippen LogP contribution in [0.15, 0.2) is 122 Å². The summed E-state index contributed by atoms with van der Waals surface area (Å²) in [5.74, 6) is 0.705. The second-order valence-electron chi connectivity index (χ2n) is 9.83. The third-order valence-corrected chi connectivity index (χ3v) is 6.96. The van der Waals surface area contributed by atoms with Crippen LogP contribution in [0.4, 0.5) is 0 Å². The van der Waals surface area contributed by atoms with Crippen molar-refractivity contribution in [3.8, 4) is 0 Å². The van der Waals surface area contributed by atoms with Crippen molar-refractivity contribution < 1.29 is 18.9 Å². The average molecular weight is 533 g/mol. The van der Waals surface area contributed by atoms with Crippen LogP contribution in [-0.4, -0.2) is 34.9 Å². The number of imidazole rings is 1. The highest BCUT2D eigenvalue weighted by molar-refractivity contribution is 5.79. The highest BCUT2D eigenvalue weighted by atomic mass is 16.6. The van der Waals surface area contributed by atoms with Gasteiger partial charge < -0.3 is 23.9 Å². The summed E-state index contributed by atoms with van der Waals surface area (Å²) in [7, 11) is 0. The number of hydrogen-bond acceptors (Lipinski definition) is 5. The summed E-state index contributed by atoms with van der Waals surface area (Å²) in [6.07, 6.45) is 0.504. The molecule has 0 fully saturated rings. The van der Waals surface area contributed by atoms with Gasteiger partial charge in [-0.25, -0.2) is 4.98 Å². The van der Waals surface area contributed by atoms with Crippen molar-refractivity contribution in [1.29, 1.82) is 0 Å². The van der Waals surface area contributed by atoms with E-state index in [0.29, 0.717) is 32.3 Å². The second-order valence-corrected chi connectivity index (χ2v) is 9.83. The largest absolute Gasteiger partial charge is 0.492 e. The quantitative estimate of drug-likeness (QED) is 0.205. The molecule has 6 nitrogen and oxygen atoms in total. The number of aromatic amines is 1. The molecule has 3 atom stereocenters. The van der Waals surface area contributed by atoms with Gasteiger partial charge in [-0.05, 0) is 28.8 Å². The van der Waals surface area contributed by atoms with Crippen molar-refractivity contribution >= 4 is 16.6 Å². The number of benzene rings is 4. The molecule has 5 aromatic rings. The lowest BCUT2D eigenvalue weighted by Crippen LogP contribution is -2.47. The van der Waals surface area contributed by atoms with E-state index in [4.69, 9.17) is 23.9 Å². The lowest BCUT2D eigenvalue weighted by Gasteiger charge is -2.37. The Morgan fingerprint density at radius 3 is 1.88 bits per heavy atom. The smallest absolute Gasteiger partial charge is 0.150 e. The normalized spacial score (nSPS) is 18.8. The maximum atomic E-state index is 6.64. The predicted molar refractivity (Wildman–Crippen MR) is 155 cm³/mol. The number of fused-ring (bicyclic) bond motifs is 1. The number of nitrogens with one attached hydrogen (secondary N) is 1. The van der Waals surface area contributed by atoms with Crippen LogP contribution in [0.25, 0.3) is 16.6 Å². The Hall–Kier alpha value is -4.23. The molecule has 0 aliphatic carbocycles. The lowest BCUT2D eigenvalue weighted by molar-refractivity contribution is -0.143. The van der Waals surface area contributed by atoms with E-state index < -0.39 is 12.2 Å². The van der Waals surface area contributed by atoms with Gasteiger partial charge in [0.1, 0.15) is 24.1 Å². The molecule has 1 aliphatic rings. The summed E-state index contributed by atoms with van der Waals surface area (Å²) in [5.41, 5.74) is 5.91. The predicted octanol–water partition coefficient (Wildman–Crippen LogP) is 6.69. The zero-order valence-corrected chi connectivity index (χ0v) is 22.2. The molecule has 0 saturated heterocycles. The fraction of sp³-hybridized carbons (Fsp3) is 0.206. The van der Waals surface area contributed by atoms with E-state index in [-0.39, 0.29) is 6.10 Å². The standard InChI is InChI=1S/C34H32N2O4/c1-4-12-25(13-5-1)20-37-24-31-33(40-22-27-16-8-3-9-17-27)32(39-21-26-14-6-2-7-15-26)28(23-38-31)34-35-29-18-10-11-19-30(29)36-34/h1-19,23,31-33H,20-22,24H2,(H,35,36)/t31-,32-,33-/m1/s1. The Labute approximate surface area is 234 Å². The van der Waals surface area contributed by atoms with Gasteiger partial charge in [0.2, 0.25) is 0 Å². The van der Waals surface area contributed by atoms with E-state index in [9.17, 15) is 0 Å². The average Bonchev–Trinajstić information content (AvgIpc) is 3.45. The Kier molecular flexibility index (Phi) is 8.29. The molecule has 0 amide bonds. The number of para-hydroxylation sites is 2. The van der Waals surface area contributed by atoms with Crippen molar-refractivity contribution in [1.82, 2.24) is 9.97 Å². The Morgan fingerprint density at radius 2 is 1.23 bits per heavy atom. The minimum absolute atomic E-state index is 0.351. The minimum Gasteiger partial charge on any atom is -0.492 e. The van der Waals surface area contributed by atoms with Crippen molar-refractivity contribution in [3.05, 3.63) is 144 Å². The van der Waals surface area contributed by atoms with Crippen molar-refractivity contribution in [2.24, 2.45) is 0 Å². The second kappa shape index (κ2) is 12.7. The van der Waals surface area contributed by atoms with Crippen molar-refractivity contribution in [2.75, 3.05) is 6.61 Å². The van der Waals surface area contributed by atoms with E-state index in [2.05, 4.69) is 41.4 Å². The highest BCUT2D eigenvalue weighted by Crippen LogP contribution is 2.33. The molecule has 202 valence electrons. The zero-order chi connectivity index (χ0) is 27.0. The first-order chi connectivity index (χ1) is 19.8. The molecule has 1 N–H and O–H groups in total. The summed E-state index contributed by atoms with van der Waals surface area (Å²) >= 11 is 0. The van der Waals surface area contributed by atoms with Gasteiger partial charge in [0, 0.05) is 0 Å². The van der Waals surface area contributed by atoms with Crippen LogP contribution < -0.4 is 0 Å². The monoisotopic (exact) mass is 532 g/mol. The maximum absolute atomic E-state index is 6.64. The number of H-pyrrole nitrogens is 1. The number of hydrogen-bond donors (Lipinski definition) is 1. The molecule has 0 spiro atoms. The SMILES string of the molecule is C1=C(c2nc3ccccc3[nH]2)[C@@H](OCc2ccccc2)[C@H](OCc2ccccc2)[C@@H](COCc2ccccc2)O1. The minimum atomic E-state index is -0.441. The molecule has 40 heavy (non-hydrogen) atoms. The van der Waals surface area contributed by atoms with E-state index in [0.717, 1.165) is 33.3 Å². The zero-order valence-electron chi connectivity index (χ0n) is 22.2. The first-order valence-electron chi connectivity index (χ1n) is 13.6. The van der Waals surface area contributed by atoms with Crippen LogP contribution in [0.3, 0.4) is 0 Å². The molecule has 0 unspecified atom stereocenters. The van der Waals surface area contributed by atoms with E-state index in [1.54, 1.807) is 6.26 Å². The molecule has 0 bridgehead atoms. The third-order valence-electron chi connectivity index (χ3n) is 6.96. The molecular weight excluding hydrogens is 500 g/mol. The van der Waals surface area contributed by atoms with Gasteiger partial charge in [-0.2, -0.15) is 0 Å². The molecule has 0 saturated carbocycles. The number of nitrogens with zero attached hydrogens (tertiary/aromatic N) is 1. The molecule has 2 heterocycles. The van der Waals surface area contributed by atoms with Crippen LogP contribution in [0.2, 0.25) is 0 Å². The lowest BCUT2D eigenvalue weighted by atomic mass is 9.97. The van der Waals surface area contributed by atoms with Crippen LogP contribution in [0, 0.1) is 0 Å². The van der Waals surface area contributed by atoms with Gasteiger partial charge in [0.25, 0.3) is 0 Å². The van der Waals surface area contributed by atoms with Gasteiger partial charge in [0.05, 0.1) is 49.3 Å². The summed E-state index contributed by atoms with van der Waals surface area (Å²) < 4.78 is 25.7. The molecule has 4 aromatic carbocycles.